The van der Waals surface area contributed by atoms with E-state index in [1.165, 1.54) is 16.5 Å². The first kappa shape index (κ1) is 20.0. The van der Waals surface area contributed by atoms with Crippen molar-refractivity contribution in [2.24, 2.45) is 7.05 Å². The molecule has 0 aliphatic heterocycles. The van der Waals surface area contributed by atoms with Crippen molar-refractivity contribution >= 4 is 12.2 Å². The Morgan fingerprint density at radius 3 is 2.61 bits per heavy atom. The lowest BCUT2D eigenvalue weighted by molar-refractivity contribution is -0.917. The highest BCUT2D eigenvalue weighted by Gasteiger charge is 2.15. The first-order chi connectivity index (χ1) is 13.5. The van der Waals surface area contributed by atoms with Crippen LogP contribution in [0.5, 0.6) is 5.75 Å². The van der Waals surface area contributed by atoms with Crippen molar-refractivity contribution in [1.29, 1.82) is 0 Å². The van der Waals surface area contributed by atoms with E-state index in [9.17, 15) is 4.39 Å². The van der Waals surface area contributed by atoms with Gasteiger partial charge in [0, 0.05) is 12.6 Å². The fourth-order valence-electron chi connectivity index (χ4n) is 2.99. The van der Waals surface area contributed by atoms with Crippen LogP contribution in [0.3, 0.4) is 0 Å². The Labute approximate surface area is 169 Å². The van der Waals surface area contributed by atoms with E-state index >= 15 is 0 Å². The summed E-state index contributed by atoms with van der Waals surface area (Å²) in [5.74, 6) is 1.04. The van der Waals surface area contributed by atoms with Gasteiger partial charge in [-0.3, -0.25) is 0 Å². The van der Waals surface area contributed by atoms with Gasteiger partial charge < -0.3 is 14.2 Å². The topological polar surface area (TPSA) is 36.4 Å². The van der Waals surface area contributed by atoms with Gasteiger partial charge in [-0.05, 0) is 48.6 Å². The molecule has 1 heterocycles. The summed E-state index contributed by atoms with van der Waals surface area (Å²) < 4.78 is 23.7. The van der Waals surface area contributed by atoms with E-state index in [0.717, 1.165) is 12.3 Å². The number of halogens is 1. The van der Waals surface area contributed by atoms with Crippen LogP contribution in [-0.2, 0) is 20.3 Å². The second kappa shape index (κ2) is 8.95. The Morgan fingerprint density at radius 1 is 1.21 bits per heavy atom. The number of nitrogens with one attached hydrogen (secondary N) is 1. The molecule has 1 atom stereocenters. The number of quaternary nitrogens is 1. The van der Waals surface area contributed by atoms with Gasteiger partial charge in [-0.1, -0.05) is 24.8 Å². The van der Waals surface area contributed by atoms with Gasteiger partial charge in [0.2, 0.25) is 4.77 Å². The van der Waals surface area contributed by atoms with Gasteiger partial charge in [-0.15, -0.1) is 5.10 Å². The van der Waals surface area contributed by atoms with E-state index in [-0.39, 0.29) is 5.82 Å². The number of benzene rings is 2. The van der Waals surface area contributed by atoms with Crippen LogP contribution in [0, 0.1) is 10.6 Å². The summed E-state index contributed by atoms with van der Waals surface area (Å²) >= 11 is 5.50. The van der Waals surface area contributed by atoms with E-state index in [4.69, 9.17) is 17.0 Å². The molecule has 146 valence electrons. The van der Waals surface area contributed by atoms with Gasteiger partial charge in [-0.2, -0.15) is 4.68 Å². The number of hydrogen-bond donors (Lipinski definition) is 1. The molecule has 0 spiro atoms. The van der Waals surface area contributed by atoms with E-state index in [1.807, 2.05) is 31.3 Å². The van der Waals surface area contributed by atoms with Gasteiger partial charge >= 0.3 is 0 Å². The highest BCUT2D eigenvalue weighted by Crippen LogP contribution is 2.20. The van der Waals surface area contributed by atoms with E-state index in [2.05, 4.69) is 18.7 Å². The Balaban J connectivity index is 1.71. The molecule has 3 aromatic rings. The number of aromatic nitrogens is 3. The van der Waals surface area contributed by atoms with Gasteiger partial charge in [0.1, 0.15) is 24.7 Å². The molecule has 0 saturated carbocycles. The van der Waals surface area contributed by atoms with Crippen molar-refractivity contribution in [1.82, 2.24) is 14.3 Å². The summed E-state index contributed by atoms with van der Waals surface area (Å²) in [6.45, 7) is 5.52. The minimum atomic E-state index is -0.308. The minimum absolute atomic E-state index is 0.308. The van der Waals surface area contributed by atoms with Crippen molar-refractivity contribution in [3.63, 3.8) is 0 Å². The molecule has 0 radical (unpaired) electrons. The van der Waals surface area contributed by atoms with Crippen LogP contribution in [0.4, 0.5) is 4.39 Å². The maximum Gasteiger partial charge on any atom is 0.202 e. The summed E-state index contributed by atoms with van der Waals surface area (Å²) in [5, 5.41) is 4.56. The molecular weight excluding hydrogens is 375 g/mol. The molecule has 0 saturated heterocycles. The fraction of sp³-hybridized carbons (Fsp3) is 0.238. The van der Waals surface area contributed by atoms with Crippen molar-refractivity contribution < 1.29 is 14.0 Å². The number of nitrogens with zero attached hydrogens (tertiary/aromatic N) is 3. The zero-order valence-corrected chi connectivity index (χ0v) is 16.9. The van der Waals surface area contributed by atoms with Crippen molar-refractivity contribution in [3.8, 4) is 17.1 Å². The molecule has 0 bridgehead atoms. The first-order valence-electron chi connectivity index (χ1n) is 9.02. The quantitative estimate of drug-likeness (QED) is 0.467. The summed E-state index contributed by atoms with van der Waals surface area (Å²) in [6.07, 6.45) is 1.72. The summed E-state index contributed by atoms with van der Waals surface area (Å²) in [4.78, 5) is 1.20. The smallest absolute Gasteiger partial charge is 0.202 e. The Kier molecular flexibility index (Phi) is 6.38. The molecule has 0 aliphatic rings. The Bertz CT molecular complexity index is 1010. The molecule has 1 unspecified atom stereocenters. The Hall–Kier alpha value is -2.77. The number of hydrogen-bond acceptors (Lipinski definition) is 3. The van der Waals surface area contributed by atoms with E-state index in [1.54, 1.807) is 33.5 Å². The molecule has 3 rings (SSSR count). The molecule has 7 heteroatoms. The average Bonchev–Trinajstić information content (AvgIpc) is 2.96. The maximum atomic E-state index is 14.1. The number of rotatable bonds is 8. The zero-order valence-electron chi connectivity index (χ0n) is 16.1. The first-order valence-corrected chi connectivity index (χ1v) is 9.43. The number of ether oxygens (including phenoxy) is 1. The van der Waals surface area contributed by atoms with Crippen molar-refractivity contribution in [2.45, 2.75) is 13.2 Å². The molecule has 2 aromatic carbocycles. The second-order valence-corrected chi connectivity index (χ2v) is 7.05. The van der Waals surface area contributed by atoms with Crippen molar-refractivity contribution in [3.05, 3.63) is 77.3 Å². The van der Waals surface area contributed by atoms with E-state index < -0.39 is 0 Å². The Morgan fingerprint density at radius 2 is 1.93 bits per heavy atom. The van der Waals surface area contributed by atoms with Crippen LogP contribution in [0.1, 0.15) is 5.56 Å². The van der Waals surface area contributed by atoms with Crippen LogP contribution in [0.2, 0.25) is 0 Å². The third kappa shape index (κ3) is 4.55. The largest absolute Gasteiger partial charge is 0.490 e. The van der Waals surface area contributed by atoms with Crippen LogP contribution in [0.15, 0.2) is 61.2 Å². The molecule has 1 aromatic heterocycles. The highest BCUT2D eigenvalue weighted by molar-refractivity contribution is 7.71. The average molecular weight is 400 g/mol. The van der Waals surface area contributed by atoms with Gasteiger partial charge in [0.05, 0.1) is 12.6 Å². The molecule has 0 fully saturated rings. The predicted molar refractivity (Wildman–Crippen MR) is 110 cm³/mol. The maximum absolute atomic E-state index is 14.1. The SMILES string of the molecule is C=CCOc1ccc(C[NH+](C)Cn2nc(-c3ccccc3F)n(C)c2=S)cc1. The standard InChI is InChI=1S/C21H23FN4OS/c1-4-13-27-17-11-9-16(10-12-17)14-24(2)15-26-21(28)25(3)20(23-26)18-7-5-6-8-19(18)22/h4-12H,1,13-15H2,2-3H3/p+1. The van der Waals surface area contributed by atoms with Gasteiger partial charge in [-0.25, -0.2) is 4.39 Å². The third-order valence-electron chi connectivity index (χ3n) is 4.37. The molecule has 0 amide bonds. The zero-order chi connectivity index (χ0) is 20.1. The van der Waals surface area contributed by atoms with Crippen LogP contribution in [0.25, 0.3) is 11.4 Å². The van der Waals surface area contributed by atoms with Crippen molar-refractivity contribution in [2.75, 3.05) is 13.7 Å². The normalized spacial score (nSPS) is 12.0. The predicted octanol–water partition coefficient (Wildman–Crippen LogP) is 2.99. The molecule has 28 heavy (non-hydrogen) atoms. The summed E-state index contributed by atoms with van der Waals surface area (Å²) in [6, 6.07) is 14.6. The van der Waals surface area contributed by atoms with Crippen LogP contribution >= 0.6 is 12.2 Å². The molecule has 5 nitrogen and oxygen atoms in total. The summed E-state index contributed by atoms with van der Waals surface area (Å²) in [5.41, 5.74) is 1.63. The van der Waals surface area contributed by atoms with Crippen LogP contribution in [-0.4, -0.2) is 28.0 Å². The molecule has 0 aliphatic carbocycles. The monoisotopic (exact) mass is 399 g/mol. The molecule has 1 N–H and O–H groups in total. The lowest BCUT2D eigenvalue weighted by Crippen LogP contribution is -3.07. The highest BCUT2D eigenvalue weighted by atomic mass is 32.1. The lowest BCUT2D eigenvalue weighted by Gasteiger charge is -2.14. The van der Waals surface area contributed by atoms with Crippen LogP contribution < -0.4 is 9.64 Å². The second-order valence-electron chi connectivity index (χ2n) is 6.68. The lowest BCUT2D eigenvalue weighted by atomic mass is 10.2. The van der Waals surface area contributed by atoms with E-state index in [0.29, 0.717) is 29.4 Å². The van der Waals surface area contributed by atoms with Gasteiger partial charge in [0.15, 0.2) is 12.5 Å². The third-order valence-corrected chi connectivity index (χ3v) is 4.86. The molecular formula is C21H24FN4OS+. The summed E-state index contributed by atoms with van der Waals surface area (Å²) in [7, 11) is 3.88. The fourth-order valence-corrected chi connectivity index (χ4v) is 3.18. The minimum Gasteiger partial charge on any atom is -0.490 e. The van der Waals surface area contributed by atoms with Gasteiger partial charge in [0.25, 0.3) is 0 Å².